The molecule has 26 heavy (non-hydrogen) atoms. The van der Waals surface area contributed by atoms with Gasteiger partial charge in [0.15, 0.2) is 0 Å². The van der Waals surface area contributed by atoms with Crippen molar-refractivity contribution < 1.29 is 14.3 Å². The molecule has 0 aromatic carbocycles. The molecule has 1 aliphatic heterocycles. The molecule has 8 nitrogen and oxygen atoms in total. The van der Waals surface area contributed by atoms with Crippen molar-refractivity contribution in [3.63, 3.8) is 0 Å². The van der Waals surface area contributed by atoms with Crippen LogP contribution in [0.2, 0.25) is 0 Å². The van der Waals surface area contributed by atoms with E-state index in [1.54, 1.807) is 11.0 Å². The fraction of sp³-hybridized carbons (Fsp3) is 0.833. The molecule has 2 heterocycles. The van der Waals surface area contributed by atoms with Crippen LogP contribution in [-0.4, -0.2) is 56.7 Å². The third kappa shape index (κ3) is 4.59. The molecule has 1 amide bonds. The zero-order valence-electron chi connectivity index (χ0n) is 15.6. The van der Waals surface area contributed by atoms with Crippen LogP contribution in [0.15, 0.2) is 6.33 Å². The summed E-state index contributed by atoms with van der Waals surface area (Å²) < 4.78 is 6.86. The van der Waals surface area contributed by atoms with Crippen molar-refractivity contribution in [1.82, 2.24) is 25.1 Å². The second-order valence-electron chi connectivity index (χ2n) is 7.65. The van der Waals surface area contributed by atoms with Gasteiger partial charge in [0.25, 0.3) is 0 Å². The predicted molar refractivity (Wildman–Crippen MR) is 93.9 cm³/mol. The Balaban J connectivity index is 1.57. The molecule has 8 heteroatoms. The smallest absolute Gasteiger partial charge is 0.309 e. The number of amides is 1. The standard InChI is InChI=1S/C18H29N5O3/c1-2-26-17(25)15-6-10-22(11-7-15)16(24)12-18(8-4-3-5-9-18)13-23-14-19-20-21-23/h14-15H,2-13H2,1H3. The summed E-state index contributed by atoms with van der Waals surface area (Å²) in [5.41, 5.74) is -0.0529. The zero-order chi connectivity index (χ0) is 18.4. The molecule has 1 aromatic rings. The molecule has 144 valence electrons. The van der Waals surface area contributed by atoms with Gasteiger partial charge in [-0.05, 0) is 48.4 Å². The fourth-order valence-electron chi connectivity index (χ4n) is 4.35. The molecular formula is C18H29N5O3. The van der Waals surface area contributed by atoms with Crippen LogP contribution in [0.25, 0.3) is 0 Å². The normalized spacial score (nSPS) is 20.7. The number of nitrogens with zero attached hydrogens (tertiary/aromatic N) is 5. The van der Waals surface area contributed by atoms with Crippen LogP contribution < -0.4 is 0 Å². The van der Waals surface area contributed by atoms with Crippen molar-refractivity contribution in [3.8, 4) is 0 Å². The van der Waals surface area contributed by atoms with Crippen LogP contribution in [0.3, 0.4) is 0 Å². The number of piperidine rings is 1. The van der Waals surface area contributed by atoms with E-state index in [0.717, 1.165) is 25.7 Å². The molecule has 1 aliphatic carbocycles. The van der Waals surface area contributed by atoms with E-state index in [0.29, 0.717) is 45.5 Å². The average molecular weight is 363 g/mol. The lowest BCUT2D eigenvalue weighted by Gasteiger charge is -2.39. The van der Waals surface area contributed by atoms with Crippen LogP contribution in [0.4, 0.5) is 0 Å². The molecule has 0 bridgehead atoms. The number of ether oxygens (including phenoxy) is 1. The quantitative estimate of drug-likeness (QED) is 0.716. The lowest BCUT2D eigenvalue weighted by molar-refractivity contribution is -0.151. The van der Waals surface area contributed by atoms with Gasteiger partial charge in [-0.2, -0.15) is 0 Å². The van der Waals surface area contributed by atoms with Gasteiger partial charge in [-0.15, -0.1) is 5.10 Å². The molecule has 3 rings (SSSR count). The highest BCUT2D eigenvalue weighted by atomic mass is 16.5. The first-order valence-electron chi connectivity index (χ1n) is 9.77. The van der Waals surface area contributed by atoms with Gasteiger partial charge < -0.3 is 9.64 Å². The number of esters is 1. The van der Waals surface area contributed by atoms with Crippen LogP contribution in [0, 0.1) is 11.3 Å². The second-order valence-corrected chi connectivity index (χ2v) is 7.65. The van der Waals surface area contributed by atoms with Gasteiger partial charge in [0, 0.05) is 19.5 Å². The maximum atomic E-state index is 13.0. The van der Waals surface area contributed by atoms with Crippen LogP contribution in [-0.2, 0) is 20.9 Å². The SMILES string of the molecule is CCOC(=O)C1CCN(C(=O)CC2(Cn3cnnn3)CCCCC2)CC1. The van der Waals surface area contributed by atoms with Crippen molar-refractivity contribution in [2.75, 3.05) is 19.7 Å². The Labute approximate surface area is 154 Å². The summed E-state index contributed by atoms with van der Waals surface area (Å²) in [7, 11) is 0. The van der Waals surface area contributed by atoms with Gasteiger partial charge in [0.1, 0.15) is 6.33 Å². The minimum Gasteiger partial charge on any atom is -0.466 e. The Bertz CT molecular complexity index is 590. The Kier molecular flexibility index (Phi) is 6.21. The number of rotatable bonds is 6. The maximum absolute atomic E-state index is 13.0. The number of hydrogen-bond acceptors (Lipinski definition) is 6. The molecular weight excluding hydrogens is 334 g/mol. The summed E-state index contributed by atoms with van der Waals surface area (Å²) in [4.78, 5) is 26.7. The number of carbonyl (C=O) groups is 2. The van der Waals surface area contributed by atoms with Gasteiger partial charge in [-0.1, -0.05) is 19.3 Å². The molecule has 1 aromatic heterocycles. The van der Waals surface area contributed by atoms with E-state index in [1.807, 2.05) is 11.8 Å². The molecule has 2 aliphatic rings. The molecule has 0 spiro atoms. The fourth-order valence-corrected chi connectivity index (χ4v) is 4.35. The van der Waals surface area contributed by atoms with Crippen molar-refractivity contribution in [2.45, 2.75) is 64.8 Å². The van der Waals surface area contributed by atoms with Crippen molar-refractivity contribution in [3.05, 3.63) is 6.33 Å². The summed E-state index contributed by atoms with van der Waals surface area (Å²) in [6.45, 7) is 4.22. The Morgan fingerprint density at radius 3 is 2.54 bits per heavy atom. The molecule has 1 saturated carbocycles. The molecule has 0 unspecified atom stereocenters. The van der Waals surface area contributed by atoms with Gasteiger partial charge in [0.05, 0.1) is 19.1 Å². The monoisotopic (exact) mass is 363 g/mol. The van der Waals surface area contributed by atoms with Gasteiger partial charge in [-0.25, -0.2) is 4.68 Å². The van der Waals surface area contributed by atoms with Crippen LogP contribution in [0.1, 0.15) is 58.3 Å². The van der Waals surface area contributed by atoms with E-state index in [2.05, 4.69) is 15.5 Å². The summed E-state index contributed by atoms with van der Waals surface area (Å²) in [6, 6.07) is 0. The van der Waals surface area contributed by atoms with E-state index < -0.39 is 0 Å². The van der Waals surface area contributed by atoms with E-state index in [4.69, 9.17) is 4.74 Å². The maximum Gasteiger partial charge on any atom is 0.309 e. The Morgan fingerprint density at radius 1 is 1.19 bits per heavy atom. The van der Waals surface area contributed by atoms with Crippen LogP contribution in [0.5, 0.6) is 0 Å². The first kappa shape index (κ1) is 18.8. The minimum atomic E-state index is -0.123. The molecule has 0 N–H and O–H groups in total. The molecule has 0 radical (unpaired) electrons. The summed E-state index contributed by atoms with van der Waals surface area (Å²) in [6.07, 6.45) is 9.19. The molecule has 1 saturated heterocycles. The van der Waals surface area contributed by atoms with Gasteiger partial charge >= 0.3 is 5.97 Å². The lowest BCUT2D eigenvalue weighted by Crippen LogP contribution is -2.44. The number of aromatic nitrogens is 4. The Morgan fingerprint density at radius 2 is 1.92 bits per heavy atom. The summed E-state index contributed by atoms with van der Waals surface area (Å²) >= 11 is 0. The molecule has 0 atom stereocenters. The number of hydrogen-bond donors (Lipinski definition) is 0. The van der Waals surface area contributed by atoms with Crippen molar-refractivity contribution in [2.24, 2.45) is 11.3 Å². The highest BCUT2D eigenvalue weighted by molar-refractivity contribution is 5.78. The van der Waals surface area contributed by atoms with Gasteiger partial charge in [-0.3, -0.25) is 9.59 Å². The van der Waals surface area contributed by atoms with Crippen molar-refractivity contribution in [1.29, 1.82) is 0 Å². The zero-order valence-corrected chi connectivity index (χ0v) is 15.6. The Hall–Kier alpha value is -1.99. The van der Waals surface area contributed by atoms with E-state index in [9.17, 15) is 9.59 Å². The van der Waals surface area contributed by atoms with Gasteiger partial charge in [0.2, 0.25) is 5.91 Å². The van der Waals surface area contributed by atoms with Crippen LogP contribution >= 0.6 is 0 Å². The highest BCUT2D eigenvalue weighted by Gasteiger charge is 2.37. The average Bonchev–Trinajstić information content (AvgIpc) is 3.15. The largest absolute Gasteiger partial charge is 0.466 e. The van der Waals surface area contributed by atoms with E-state index in [1.165, 1.54) is 6.42 Å². The third-order valence-electron chi connectivity index (χ3n) is 5.80. The topological polar surface area (TPSA) is 90.2 Å². The summed E-state index contributed by atoms with van der Waals surface area (Å²) in [5, 5.41) is 11.4. The summed E-state index contributed by atoms with van der Waals surface area (Å²) in [5.74, 6) is 0.00757. The third-order valence-corrected chi connectivity index (χ3v) is 5.80. The number of carbonyl (C=O) groups excluding carboxylic acids is 2. The van der Waals surface area contributed by atoms with Crippen molar-refractivity contribution >= 4 is 11.9 Å². The van der Waals surface area contributed by atoms with E-state index in [-0.39, 0.29) is 23.2 Å². The lowest BCUT2D eigenvalue weighted by atomic mass is 9.71. The predicted octanol–water partition coefficient (Wildman–Crippen LogP) is 1.82. The number of tetrazole rings is 1. The molecule has 2 fully saturated rings. The minimum absolute atomic E-state index is 0.0529. The number of likely N-dealkylation sites (tertiary alicyclic amines) is 1. The second kappa shape index (κ2) is 8.60. The first-order chi connectivity index (χ1) is 12.6. The highest BCUT2D eigenvalue weighted by Crippen LogP contribution is 2.41. The van der Waals surface area contributed by atoms with E-state index >= 15 is 0 Å². The first-order valence-corrected chi connectivity index (χ1v) is 9.77.